The van der Waals surface area contributed by atoms with Gasteiger partial charge in [0, 0.05) is 29.6 Å². The maximum atomic E-state index is 11.6. The molecule has 0 atom stereocenters. The summed E-state index contributed by atoms with van der Waals surface area (Å²) in [6.07, 6.45) is 3.80. The molecule has 1 aromatic heterocycles. The van der Waals surface area contributed by atoms with Gasteiger partial charge in [-0.2, -0.15) is 0 Å². The zero-order chi connectivity index (χ0) is 15.9. The molecule has 0 aliphatic rings. The molecule has 0 saturated carbocycles. The zero-order valence-electron chi connectivity index (χ0n) is 13.0. The normalized spacial score (nSPS) is 10.9. The second-order valence-electron chi connectivity index (χ2n) is 5.60. The number of benzene rings is 1. The lowest BCUT2D eigenvalue weighted by Crippen LogP contribution is -2.33. The number of hydrogen-bond acceptors (Lipinski definition) is 3. The van der Waals surface area contributed by atoms with Gasteiger partial charge in [0.2, 0.25) is 0 Å². The monoisotopic (exact) mass is 302 g/mol. The van der Waals surface area contributed by atoms with E-state index >= 15 is 0 Å². The number of aryl methyl sites for hydroxylation is 1. The second-order valence-corrected chi connectivity index (χ2v) is 5.60. The van der Waals surface area contributed by atoms with Crippen LogP contribution >= 0.6 is 0 Å². The van der Waals surface area contributed by atoms with Crippen LogP contribution in [0.4, 0.5) is 0 Å². The van der Waals surface area contributed by atoms with Crippen molar-refractivity contribution < 1.29 is 14.3 Å². The highest BCUT2D eigenvalue weighted by molar-refractivity contribution is 5.83. The Kier molecular flexibility index (Phi) is 5.58. The quantitative estimate of drug-likeness (QED) is 0.772. The van der Waals surface area contributed by atoms with Crippen molar-refractivity contribution in [2.45, 2.75) is 39.2 Å². The van der Waals surface area contributed by atoms with E-state index in [0.29, 0.717) is 12.8 Å². The van der Waals surface area contributed by atoms with Crippen LogP contribution in [0, 0.1) is 0 Å². The molecule has 0 aliphatic heterocycles. The molecular weight excluding hydrogens is 280 g/mol. The number of fused-ring (bicyclic) bond motifs is 1. The SMILES string of the molecule is CC(C)NC(=O)COC(=O)CCCc1c[nH]c2ccccc12. The molecule has 118 valence electrons. The summed E-state index contributed by atoms with van der Waals surface area (Å²) in [5.41, 5.74) is 2.30. The molecule has 5 nitrogen and oxygen atoms in total. The van der Waals surface area contributed by atoms with Crippen molar-refractivity contribution in [3.8, 4) is 0 Å². The van der Waals surface area contributed by atoms with Crippen LogP contribution in [-0.2, 0) is 20.7 Å². The number of ether oxygens (including phenoxy) is 1. The van der Waals surface area contributed by atoms with E-state index in [-0.39, 0.29) is 24.5 Å². The summed E-state index contributed by atoms with van der Waals surface area (Å²) in [4.78, 5) is 26.2. The molecule has 2 aromatic rings. The third-order valence-corrected chi connectivity index (χ3v) is 3.32. The Morgan fingerprint density at radius 1 is 1.27 bits per heavy atom. The van der Waals surface area contributed by atoms with Gasteiger partial charge in [-0.15, -0.1) is 0 Å². The zero-order valence-corrected chi connectivity index (χ0v) is 13.0. The summed E-state index contributed by atoms with van der Waals surface area (Å²) in [5, 5.41) is 3.86. The van der Waals surface area contributed by atoms with Gasteiger partial charge >= 0.3 is 5.97 Å². The van der Waals surface area contributed by atoms with Crippen LogP contribution in [0.3, 0.4) is 0 Å². The van der Waals surface area contributed by atoms with Crippen LogP contribution in [0.25, 0.3) is 10.9 Å². The van der Waals surface area contributed by atoms with Crippen molar-refractivity contribution in [3.63, 3.8) is 0 Å². The first-order valence-corrected chi connectivity index (χ1v) is 7.56. The molecule has 0 spiro atoms. The predicted octanol–water partition coefficient (Wildman–Crippen LogP) is 2.56. The van der Waals surface area contributed by atoms with Crippen molar-refractivity contribution >= 4 is 22.8 Å². The fourth-order valence-electron chi connectivity index (χ4n) is 2.34. The average Bonchev–Trinajstić information content (AvgIpc) is 2.88. The van der Waals surface area contributed by atoms with Crippen molar-refractivity contribution in [1.82, 2.24) is 10.3 Å². The van der Waals surface area contributed by atoms with E-state index in [2.05, 4.69) is 16.4 Å². The number of H-pyrrole nitrogens is 1. The van der Waals surface area contributed by atoms with Gasteiger partial charge in [0.1, 0.15) is 0 Å². The molecular formula is C17H22N2O3. The Balaban J connectivity index is 1.72. The molecule has 1 heterocycles. The predicted molar refractivity (Wildman–Crippen MR) is 85.5 cm³/mol. The van der Waals surface area contributed by atoms with Gasteiger partial charge in [0.05, 0.1) is 0 Å². The molecule has 5 heteroatoms. The lowest BCUT2D eigenvalue weighted by Gasteiger charge is -2.08. The number of amides is 1. The smallest absolute Gasteiger partial charge is 0.306 e. The van der Waals surface area contributed by atoms with E-state index in [9.17, 15) is 9.59 Å². The van der Waals surface area contributed by atoms with Crippen LogP contribution in [0.5, 0.6) is 0 Å². The summed E-state index contributed by atoms with van der Waals surface area (Å²) in [5.74, 6) is -0.598. The van der Waals surface area contributed by atoms with Crippen molar-refractivity contribution in [3.05, 3.63) is 36.0 Å². The number of carbonyl (C=O) groups excluding carboxylic acids is 2. The maximum Gasteiger partial charge on any atom is 0.306 e. The van der Waals surface area contributed by atoms with E-state index < -0.39 is 0 Å². The molecule has 1 aromatic carbocycles. The third-order valence-electron chi connectivity index (χ3n) is 3.32. The fraction of sp³-hybridized carbons (Fsp3) is 0.412. The first-order valence-electron chi connectivity index (χ1n) is 7.56. The van der Waals surface area contributed by atoms with Gasteiger partial charge in [0.15, 0.2) is 6.61 Å². The first kappa shape index (κ1) is 16.1. The fourth-order valence-corrected chi connectivity index (χ4v) is 2.34. The summed E-state index contributed by atoms with van der Waals surface area (Å²) in [6, 6.07) is 8.13. The highest BCUT2D eigenvalue weighted by Gasteiger charge is 2.09. The third kappa shape index (κ3) is 4.62. The lowest BCUT2D eigenvalue weighted by atomic mass is 10.1. The number of esters is 1. The summed E-state index contributed by atoms with van der Waals surface area (Å²) < 4.78 is 4.95. The lowest BCUT2D eigenvalue weighted by molar-refractivity contribution is -0.148. The average molecular weight is 302 g/mol. The Morgan fingerprint density at radius 2 is 2.05 bits per heavy atom. The molecule has 0 fully saturated rings. The number of rotatable bonds is 7. The standard InChI is InChI=1S/C17H22N2O3/c1-12(2)19-16(20)11-22-17(21)9-5-6-13-10-18-15-8-4-3-7-14(13)15/h3-4,7-8,10,12,18H,5-6,9,11H2,1-2H3,(H,19,20). The van der Waals surface area contributed by atoms with Crippen LogP contribution in [-0.4, -0.2) is 29.5 Å². The largest absolute Gasteiger partial charge is 0.456 e. The van der Waals surface area contributed by atoms with Crippen molar-refractivity contribution in [2.24, 2.45) is 0 Å². The molecule has 22 heavy (non-hydrogen) atoms. The number of aromatic amines is 1. The minimum atomic E-state index is -0.334. The van der Waals surface area contributed by atoms with Crippen LogP contribution in [0.15, 0.2) is 30.5 Å². The Hall–Kier alpha value is -2.30. The van der Waals surface area contributed by atoms with E-state index in [1.807, 2.05) is 38.2 Å². The molecule has 2 rings (SSSR count). The molecule has 0 saturated heterocycles. The van der Waals surface area contributed by atoms with Crippen LogP contribution < -0.4 is 5.32 Å². The van der Waals surface area contributed by atoms with Crippen LogP contribution in [0.1, 0.15) is 32.3 Å². The Bertz CT molecular complexity index is 646. The maximum absolute atomic E-state index is 11.6. The molecule has 0 bridgehead atoms. The number of aromatic nitrogens is 1. The van der Waals surface area contributed by atoms with E-state index in [1.165, 1.54) is 10.9 Å². The summed E-state index contributed by atoms with van der Waals surface area (Å²) >= 11 is 0. The van der Waals surface area contributed by atoms with Gasteiger partial charge < -0.3 is 15.0 Å². The number of hydrogen-bond donors (Lipinski definition) is 2. The van der Waals surface area contributed by atoms with Gasteiger partial charge in [0.25, 0.3) is 5.91 Å². The van der Waals surface area contributed by atoms with Gasteiger partial charge in [-0.25, -0.2) is 0 Å². The summed E-state index contributed by atoms with van der Waals surface area (Å²) in [6.45, 7) is 3.52. The molecule has 2 N–H and O–H groups in total. The van der Waals surface area contributed by atoms with E-state index in [1.54, 1.807) is 0 Å². The molecule has 0 radical (unpaired) electrons. The van der Waals surface area contributed by atoms with E-state index in [0.717, 1.165) is 11.9 Å². The highest BCUT2D eigenvalue weighted by atomic mass is 16.5. The Labute approximate surface area is 130 Å². The first-order chi connectivity index (χ1) is 10.6. The van der Waals surface area contributed by atoms with Crippen molar-refractivity contribution in [2.75, 3.05) is 6.61 Å². The second kappa shape index (κ2) is 7.64. The topological polar surface area (TPSA) is 71.2 Å². The minimum absolute atomic E-state index is 0.0491. The minimum Gasteiger partial charge on any atom is -0.456 e. The van der Waals surface area contributed by atoms with Crippen LogP contribution in [0.2, 0.25) is 0 Å². The summed E-state index contributed by atoms with van der Waals surface area (Å²) in [7, 11) is 0. The number of nitrogens with one attached hydrogen (secondary N) is 2. The Morgan fingerprint density at radius 3 is 2.82 bits per heavy atom. The molecule has 0 unspecified atom stereocenters. The molecule has 0 aliphatic carbocycles. The van der Waals surface area contributed by atoms with Gasteiger partial charge in [-0.1, -0.05) is 18.2 Å². The number of carbonyl (C=O) groups is 2. The number of para-hydroxylation sites is 1. The van der Waals surface area contributed by atoms with Gasteiger partial charge in [-0.05, 0) is 38.3 Å². The highest BCUT2D eigenvalue weighted by Crippen LogP contribution is 2.19. The van der Waals surface area contributed by atoms with Crippen molar-refractivity contribution in [1.29, 1.82) is 0 Å². The molecule has 1 amide bonds. The van der Waals surface area contributed by atoms with E-state index in [4.69, 9.17) is 4.74 Å². The van der Waals surface area contributed by atoms with Gasteiger partial charge in [-0.3, -0.25) is 9.59 Å².